The minimum absolute atomic E-state index is 0.0204. The SMILES string of the molecule is CCOC(=O)C1=C(COCC2COC(C)(C)O2)N=C(C)C(C(=O)OC)C1c1cccc(C(F)(F)F)c1Cl. The average Bonchev–Trinajstić information content (AvgIpc) is 3.16. The quantitative estimate of drug-likeness (QED) is 0.436. The lowest BCUT2D eigenvalue weighted by molar-refractivity contribution is -0.144. The molecule has 3 unspecified atom stereocenters. The van der Waals surface area contributed by atoms with Crippen molar-refractivity contribution in [3.05, 3.63) is 45.6 Å². The first-order chi connectivity index (χ1) is 17.3. The van der Waals surface area contributed by atoms with E-state index in [9.17, 15) is 22.8 Å². The first-order valence-corrected chi connectivity index (χ1v) is 12.0. The van der Waals surface area contributed by atoms with Crippen LogP contribution in [0.3, 0.4) is 0 Å². The highest BCUT2D eigenvalue weighted by Crippen LogP contribution is 2.46. The van der Waals surface area contributed by atoms with E-state index in [2.05, 4.69) is 4.99 Å². The fourth-order valence-electron chi connectivity index (χ4n) is 4.40. The second-order valence-corrected chi connectivity index (χ2v) is 9.36. The van der Waals surface area contributed by atoms with E-state index in [4.69, 9.17) is 35.3 Å². The molecule has 0 spiro atoms. The molecule has 2 aliphatic rings. The molecule has 204 valence electrons. The fraction of sp³-hybridized carbons (Fsp3) is 0.560. The lowest BCUT2D eigenvalue weighted by atomic mass is 9.75. The number of carbonyl (C=O) groups is 2. The summed E-state index contributed by atoms with van der Waals surface area (Å²) in [6.45, 7) is 6.81. The van der Waals surface area contributed by atoms with Crippen LogP contribution in [0, 0.1) is 5.92 Å². The van der Waals surface area contributed by atoms with Crippen LogP contribution in [0.25, 0.3) is 0 Å². The predicted octanol–water partition coefficient (Wildman–Crippen LogP) is 4.69. The van der Waals surface area contributed by atoms with Gasteiger partial charge in [0.05, 0.1) is 55.4 Å². The maximum atomic E-state index is 13.7. The van der Waals surface area contributed by atoms with Gasteiger partial charge >= 0.3 is 18.1 Å². The van der Waals surface area contributed by atoms with Gasteiger partial charge in [-0.25, -0.2) is 4.79 Å². The molecule has 8 nitrogen and oxygen atoms in total. The Bertz CT molecular complexity index is 1100. The summed E-state index contributed by atoms with van der Waals surface area (Å²) < 4.78 is 68.1. The van der Waals surface area contributed by atoms with Gasteiger partial charge in [0.1, 0.15) is 12.0 Å². The molecule has 0 aliphatic carbocycles. The molecule has 12 heteroatoms. The molecule has 0 aromatic heterocycles. The van der Waals surface area contributed by atoms with E-state index in [1.165, 1.54) is 13.0 Å². The van der Waals surface area contributed by atoms with Crippen LogP contribution in [-0.2, 0) is 39.4 Å². The Morgan fingerprint density at radius 1 is 1.27 bits per heavy atom. The highest BCUT2D eigenvalue weighted by atomic mass is 35.5. The van der Waals surface area contributed by atoms with Gasteiger partial charge in [-0.3, -0.25) is 9.79 Å². The maximum absolute atomic E-state index is 13.7. The van der Waals surface area contributed by atoms with E-state index < -0.39 is 46.3 Å². The van der Waals surface area contributed by atoms with Crippen LogP contribution in [0.15, 0.2) is 34.5 Å². The molecule has 0 saturated carbocycles. The Balaban J connectivity index is 2.09. The lowest BCUT2D eigenvalue weighted by Gasteiger charge is -2.33. The van der Waals surface area contributed by atoms with Crippen molar-refractivity contribution >= 4 is 29.3 Å². The number of hydrogen-bond acceptors (Lipinski definition) is 8. The molecule has 1 aromatic rings. The zero-order chi connectivity index (χ0) is 27.5. The standard InChI is InChI=1S/C25H29ClF3NO7/c1-6-35-23(32)20-17(12-34-10-14-11-36-24(3,4)37-14)30-13(2)18(22(31)33-5)19(20)15-8-7-9-16(21(15)26)25(27,28)29/h7-9,14,18-19H,6,10-12H2,1-5H3. The zero-order valence-corrected chi connectivity index (χ0v) is 21.9. The van der Waals surface area contributed by atoms with Crippen LogP contribution in [0.4, 0.5) is 13.2 Å². The van der Waals surface area contributed by atoms with E-state index >= 15 is 0 Å². The van der Waals surface area contributed by atoms with Gasteiger partial charge in [0.15, 0.2) is 5.79 Å². The third-order valence-electron chi connectivity index (χ3n) is 5.95. The van der Waals surface area contributed by atoms with E-state index in [1.807, 2.05) is 0 Å². The van der Waals surface area contributed by atoms with Crippen molar-refractivity contribution in [3.8, 4) is 0 Å². The summed E-state index contributed by atoms with van der Waals surface area (Å²) in [6, 6.07) is 3.32. The Morgan fingerprint density at radius 3 is 2.54 bits per heavy atom. The highest BCUT2D eigenvalue weighted by Gasteiger charge is 2.45. The van der Waals surface area contributed by atoms with E-state index in [0.717, 1.165) is 19.2 Å². The number of esters is 2. The molecule has 0 amide bonds. The summed E-state index contributed by atoms with van der Waals surface area (Å²) in [5.74, 6) is -4.89. The van der Waals surface area contributed by atoms with Crippen molar-refractivity contribution in [2.75, 3.05) is 33.5 Å². The lowest BCUT2D eigenvalue weighted by Crippen LogP contribution is -2.37. The predicted molar refractivity (Wildman–Crippen MR) is 127 cm³/mol. The van der Waals surface area contributed by atoms with E-state index in [-0.39, 0.29) is 48.5 Å². The highest BCUT2D eigenvalue weighted by molar-refractivity contribution is 6.32. The van der Waals surface area contributed by atoms with Gasteiger partial charge in [-0.15, -0.1) is 0 Å². The Morgan fingerprint density at radius 2 is 1.97 bits per heavy atom. The second-order valence-electron chi connectivity index (χ2n) is 8.98. The number of carbonyl (C=O) groups excluding carboxylic acids is 2. The van der Waals surface area contributed by atoms with Gasteiger partial charge in [0, 0.05) is 11.6 Å². The summed E-state index contributed by atoms with van der Waals surface area (Å²) in [6.07, 6.45) is -5.13. The van der Waals surface area contributed by atoms with Gasteiger partial charge in [0.2, 0.25) is 0 Å². The molecule has 1 fully saturated rings. The third kappa shape index (κ3) is 6.51. The van der Waals surface area contributed by atoms with Crippen LogP contribution in [0.1, 0.15) is 44.7 Å². The molecule has 0 radical (unpaired) electrons. The topological polar surface area (TPSA) is 92.7 Å². The van der Waals surface area contributed by atoms with Gasteiger partial charge in [-0.2, -0.15) is 13.2 Å². The van der Waals surface area contributed by atoms with E-state index in [1.54, 1.807) is 20.8 Å². The smallest absolute Gasteiger partial charge is 0.417 e. The third-order valence-corrected chi connectivity index (χ3v) is 6.37. The van der Waals surface area contributed by atoms with Gasteiger partial charge in [0.25, 0.3) is 0 Å². The number of rotatable bonds is 8. The number of aliphatic imine (C=N–C) groups is 1. The molecule has 3 atom stereocenters. The summed E-state index contributed by atoms with van der Waals surface area (Å²) in [5.41, 5.74) is -0.993. The molecule has 1 saturated heterocycles. The van der Waals surface area contributed by atoms with Crippen molar-refractivity contribution in [3.63, 3.8) is 0 Å². The molecule has 2 aliphatic heterocycles. The van der Waals surface area contributed by atoms with Crippen molar-refractivity contribution in [2.45, 2.75) is 51.7 Å². The summed E-state index contributed by atoms with van der Waals surface area (Å²) >= 11 is 6.25. The largest absolute Gasteiger partial charge is 0.468 e. The minimum atomic E-state index is -4.76. The molecule has 0 bridgehead atoms. The summed E-state index contributed by atoms with van der Waals surface area (Å²) in [4.78, 5) is 30.4. The number of benzene rings is 1. The Kier molecular flexibility index (Phi) is 9.05. The maximum Gasteiger partial charge on any atom is 0.417 e. The van der Waals surface area contributed by atoms with Crippen LogP contribution in [0.2, 0.25) is 5.02 Å². The average molecular weight is 548 g/mol. The molecular formula is C25H29ClF3NO7. The van der Waals surface area contributed by atoms with Crippen LogP contribution >= 0.6 is 11.6 Å². The molecule has 3 rings (SSSR count). The van der Waals surface area contributed by atoms with Crippen molar-refractivity contribution in [1.82, 2.24) is 0 Å². The monoisotopic (exact) mass is 547 g/mol. The Labute approximate surface area is 217 Å². The van der Waals surface area contributed by atoms with Crippen molar-refractivity contribution in [2.24, 2.45) is 10.9 Å². The van der Waals surface area contributed by atoms with Gasteiger partial charge in [-0.1, -0.05) is 23.7 Å². The first-order valence-electron chi connectivity index (χ1n) is 11.6. The summed E-state index contributed by atoms with van der Waals surface area (Å²) in [7, 11) is 1.14. The molecule has 2 heterocycles. The molecule has 37 heavy (non-hydrogen) atoms. The second kappa shape index (κ2) is 11.5. The number of halogens is 4. The fourth-order valence-corrected chi connectivity index (χ4v) is 4.75. The van der Waals surface area contributed by atoms with Crippen LogP contribution in [-0.4, -0.2) is 63.1 Å². The van der Waals surface area contributed by atoms with Gasteiger partial charge < -0.3 is 23.7 Å². The van der Waals surface area contributed by atoms with Gasteiger partial charge in [-0.05, 0) is 39.3 Å². The molecular weight excluding hydrogens is 519 g/mol. The normalized spacial score (nSPS) is 23.6. The number of alkyl halides is 3. The number of ether oxygens (including phenoxy) is 5. The Hall–Kier alpha value is -2.47. The number of methoxy groups -OCH3 is 1. The van der Waals surface area contributed by atoms with Crippen molar-refractivity contribution in [1.29, 1.82) is 0 Å². The van der Waals surface area contributed by atoms with Crippen molar-refractivity contribution < 1.29 is 46.4 Å². The van der Waals surface area contributed by atoms with Crippen LogP contribution in [0.5, 0.6) is 0 Å². The van der Waals surface area contributed by atoms with Crippen LogP contribution < -0.4 is 0 Å². The molecule has 0 N–H and O–H groups in total. The first kappa shape index (κ1) is 29.1. The van der Waals surface area contributed by atoms with E-state index in [0.29, 0.717) is 6.61 Å². The summed E-state index contributed by atoms with van der Waals surface area (Å²) in [5, 5.41) is -0.635. The number of nitrogens with zero attached hydrogens (tertiary/aromatic N) is 1. The number of hydrogen-bond donors (Lipinski definition) is 0. The molecule has 1 aromatic carbocycles. The minimum Gasteiger partial charge on any atom is -0.468 e. The zero-order valence-electron chi connectivity index (χ0n) is 21.1.